The molecule has 0 unspecified atom stereocenters. The lowest BCUT2D eigenvalue weighted by atomic mass is 9.98. The molecule has 1 aromatic heterocycles. The molecule has 8 heteroatoms. The average Bonchev–Trinajstić information content (AvgIpc) is 3.20. The minimum absolute atomic E-state index is 0.367. The van der Waals surface area contributed by atoms with Crippen LogP contribution >= 0.6 is 11.8 Å². The van der Waals surface area contributed by atoms with E-state index in [0.29, 0.717) is 24.3 Å². The molecule has 1 amide bonds. The van der Waals surface area contributed by atoms with Crippen LogP contribution < -0.4 is 10.6 Å². The fourth-order valence-electron chi connectivity index (χ4n) is 3.19. The van der Waals surface area contributed by atoms with Crippen molar-refractivity contribution in [2.24, 2.45) is 0 Å². The van der Waals surface area contributed by atoms with Crippen molar-refractivity contribution >= 4 is 29.3 Å². The van der Waals surface area contributed by atoms with Gasteiger partial charge in [-0.05, 0) is 54.7 Å². The van der Waals surface area contributed by atoms with E-state index in [2.05, 4.69) is 20.6 Å². The molecule has 0 aliphatic carbocycles. The lowest BCUT2D eigenvalue weighted by molar-refractivity contribution is -0.139. The highest BCUT2D eigenvalue weighted by atomic mass is 32.2. The number of carboxylic acids is 1. The van der Waals surface area contributed by atoms with Crippen LogP contribution in [0.25, 0.3) is 11.1 Å². The van der Waals surface area contributed by atoms with E-state index in [9.17, 15) is 14.7 Å². The average molecular weight is 439 g/mol. The van der Waals surface area contributed by atoms with Gasteiger partial charge in [0.2, 0.25) is 0 Å². The number of carbonyl (C=O) groups excluding carboxylic acids is 1. The SMILES string of the molecule is CSCC[C@H](NC(=O)c1ccc(NCc2nc[nH]c2C)cc1-c1ccccc1)C(=O)O. The number of aromatic amines is 1. The lowest BCUT2D eigenvalue weighted by Crippen LogP contribution is -2.41. The molecule has 31 heavy (non-hydrogen) atoms. The molecule has 0 saturated carbocycles. The molecule has 0 bridgehead atoms. The van der Waals surface area contributed by atoms with Crippen molar-refractivity contribution in [2.45, 2.75) is 25.9 Å². The Morgan fingerprint density at radius 2 is 1.97 bits per heavy atom. The number of nitrogens with zero attached hydrogens (tertiary/aromatic N) is 1. The van der Waals surface area contributed by atoms with Crippen molar-refractivity contribution in [3.05, 3.63) is 71.8 Å². The van der Waals surface area contributed by atoms with E-state index in [0.717, 1.165) is 28.2 Å². The molecule has 0 saturated heterocycles. The van der Waals surface area contributed by atoms with Crippen LogP contribution in [-0.2, 0) is 11.3 Å². The van der Waals surface area contributed by atoms with E-state index >= 15 is 0 Å². The molecule has 1 heterocycles. The van der Waals surface area contributed by atoms with E-state index in [1.54, 1.807) is 24.2 Å². The molecule has 3 rings (SSSR count). The van der Waals surface area contributed by atoms with Gasteiger partial charge in [-0.3, -0.25) is 4.79 Å². The van der Waals surface area contributed by atoms with Crippen LogP contribution in [0.1, 0.15) is 28.2 Å². The molecule has 1 atom stereocenters. The largest absolute Gasteiger partial charge is 0.480 e. The molecule has 0 aliphatic heterocycles. The zero-order chi connectivity index (χ0) is 22.2. The second-order valence-corrected chi connectivity index (χ2v) is 8.09. The number of thioether (sulfide) groups is 1. The van der Waals surface area contributed by atoms with E-state index in [-0.39, 0.29) is 0 Å². The van der Waals surface area contributed by atoms with Crippen molar-refractivity contribution in [2.75, 3.05) is 17.3 Å². The van der Waals surface area contributed by atoms with Gasteiger partial charge in [0, 0.05) is 16.9 Å². The Labute approximate surface area is 185 Å². The molecule has 0 aliphatic rings. The molecule has 2 aromatic carbocycles. The highest BCUT2D eigenvalue weighted by Crippen LogP contribution is 2.27. The van der Waals surface area contributed by atoms with E-state index in [1.807, 2.05) is 55.6 Å². The van der Waals surface area contributed by atoms with E-state index in [4.69, 9.17) is 0 Å². The minimum Gasteiger partial charge on any atom is -0.480 e. The molecular weight excluding hydrogens is 412 g/mol. The molecule has 3 aromatic rings. The van der Waals surface area contributed by atoms with Gasteiger partial charge in [0.05, 0.1) is 18.6 Å². The van der Waals surface area contributed by atoms with Crippen molar-refractivity contribution in [1.29, 1.82) is 0 Å². The normalized spacial score (nSPS) is 11.7. The van der Waals surface area contributed by atoms with Crippen molar-refractivity contribution in [3.8, 4) is 11.1 Å². The summed E-state index contributed by atoms with van der Waals surface area (Å²) in [7, 11) is 0. The molecule has 4 N–H and O–H groups in total. The topological polar surface area (TPSA) is 107 Å². The van der Waals surface area contributed by atoms with Crippen LogP contribution in [0, 0.1) is 6.92 Å². The summed E-state index contributed by atoms with van der Waals surface area (Å²) in [4.78, 5) is 31.9. The number of hydrogen-bond donors (Lipinski definition) is 4. The van der Waals surface area contributed by atoms with Gasteiger partial charge in [-0.1, -0.05) is 30.3 Å². The van der Waals surface area contributed by atoms with E-state index in [1.165, 1.54) is 0 Å². The molecular formula is C23H26N4O3S. The second kappa shape index (κ2) is 10.7. The van der Waals surface area contributed by atoms with Gasteiger partial charge in [0.15, 0.2) is 0 Å². The third-order valence-corrected chi connectivity index (χ3v) is 5.60. The van der Waals surface area contributed by atoms with E-state index < -0.39 is 17.9 Å². The Morgan fingerprint density at radius 1 is 1.19 bits per heavy atom. The Kier molecular flexibility index (Phi) is 7.72. The first kappa shape index (κ1) is 22.4. The van der Waals surface area contributed by atoms with Gasteiger partial charge in [-0.2, -0.15) is 11.8 Å². The summed E-state index contributed by atoms with van der Waals surface area (Å²) in [6.45, 7) is 2.51. The first-order valence-corrected chi connectivity index (χ1v) is 11.3. The van der Waals surface area contributed by atoms with Crippen molar-refractivity contribution in [1.82, 2.24) is 15.3 Å². The van der Waals surface area contributed by atoms with Gasteiger partial charge in [0.1, 0.15) is 6.04 Å². The van der Waals surface area contributed by atoms with Crippen molar-refractivity contribution in [3.63, 3.8) is 0 Å². The van der Waals surface area contributed by atoms with Gasteiger partial charge < -0.3 is 20.7 Å². The number of carboxylic acid groups (broad SMARTS) is 1. The molecule has 0 fully saturated rings. The first-order valence-electron chi connectivity index (χ1n) is 9.94. The fourth-order valence-corrected chi connectivity index (χ4v) is 3.66. The lowest BCUT2D eigenvalue weighted by Gasteiger charge is -2.17. The zero-order valence-electron chi connectivity index (χ0n) is 17.5. The van der Waals surface area contributed by atoms with Gasteiger partial charge >= 0.3 is 5.97 Å². The first-order chi connectivity index (χ1) is 15.0. The smallest absolute Gasteiger partial charge is 0.326 e. The maximum atomic E-state index is 13.0. The van der Waals surface area contributed by atoms with Crippen molar-refractivity contribution < 1.29 is 14.7 Å². The number of imidazole rings is 1. The highest BCUT2D eigenvalue weighted by molar-refractivity contribution is 7.98. The molecule has 0 radical (unpaired) electrons. The third kappa shape index (κ3) is 5.88. The van der Waals surface area contributed by atoms with Gasteiger partial charge in [0.25, 0.3) is 5.91 Å². The number of H-pyrrole nitrogens is 1. The molecule has 7 nitrogen and oxygen atoms in total. The van der Waals surface area contributed by atoms with Crippen LogP contribution in [0.2, 0.25) is 0 Å². The number of amides is 1. The number of anilines is 1. The quantitative estimate of drug-likeness (QED) is 0.382. The standard InChI is InChI=1S/C23H26N4O3S/c1-15-21(26-14-25-15)13-24-17-8-9-18(19(12-17)16-6-4-3-5-7-16)22(28)27-20(23(29)30)10-11-31-2/h3-9,12,14,20,24H,10-11,13H2,1-2H3,(H,25,26)(H,27,28)(H,29,30)/t20-/m0/s1. The highest BCUT2D eigenvalue weighted by Gasteiger charge is 2.22. The van der Waals surface area contributed by atoms with Crippen LogP contribution in [0.4, 0.5) is 5.69 Å². The Balaban J connectivity index is 1.87. The fraction of sp³-hybridized carbons (Fsp3) is 0.261. The maximum absolute atomic E-state index is 13.0. The Bertz CT molecular complexity index is 1040. The number of aryl methyl sites for hydroxylation is 1. The summed E-state index contributed by atoms with van der Waals surface area (Å²) < 4.78 is 0. The predicted molar refractivity (Wildman–Crippen MR) is 124 cm³/mol. The number of aromatic nitrogens is 2. The summed E-state index contributed by atoms with van der Waals surface area (Å²) >= 11 is 1.55. The second-order valence-electron chi connectivity index (χ2n) is 7.10. The summed E-state index contributed by atoms with van der Waals surface area (Å²) in [5.74, 6) is -0.781. The number of hydrogen-bond acceptors (Lipinski definition) is 5. The monoisotopic (exact) mass is 438 g/mol. The van der Waals surface area contributed by atoms with Crippen LogP contribution in [0.15, 0.2) is 54.9 Å². The number of aliphatic carboxylic acids is 1. The van der Waals surface area contributed by atoms with Crippen LogP contribution in [-0.4, -0.2) is 45.0 Å². The Hall–Kier alpha value is -3.26. The zero-order valence-corrected chi connectivity index (χ0v) is 18.3. The van der Waals surface area contributed by atoms with Gasteiger partial charge in [-0.25, -0.2) is 9.78 Å². The number of nitrogens with one attached hydrogen (secondary N) is 3. The molecule has 0 spiro atoms. The summed E-state index contributed by atoms with van der Waals surface area (Å²) in [6.07, 6.45) is 3.93. The summed E-state index contributed by atoms with van der Waals surface area (Å²) in [5, 5.41) is 15.5. The minimum atomic E-state index is -1.03. The number of rotatable bonds is 10. The summed E-state index contributed by atoms with van der Waals surface area (Å²) in [6, 6.07) is 14.1. The molecule has 162 valence electrons. The van der Waals surface area contributed by atoms with Crippen LogP contribution in [0.3, 0.4) is 0 Å². The van der Waals surface area contributed by atoms with Gasteiger partial charge in [-0.15, -0.1) is 0 Å². The number of carbonyl (C=O) groups is 2. The summed E-state index contributed by atoms with van der Waals surface area (Å²) in [5.41, 5.74) is 4.80. The predicted octanol–water partition coefficient (Wildman–Crippen LogP) is 3.93. The maximum Gasteiger partial charge on any atom is 0.326 e. The number of benzene rings is 2. The Morgan fingerprint density at radius 3 is 2.61 bits per heavy atom. The third-order valence-electron chi connectivity index (χ3n) is 4.96. The van der Waals surface area contributed by atoms with Crippen LogP contribution in [0.5, 0.6) is 0 Å².